The van der Waals surface area contributed by atoms with Gasteiger partial charge >= 0.3 is 5.97 Å². The van der Waals surface area contributed by atoms with Crippen LogP contribution in [0.3, 0.4) is 0 Å². The molecule has 0 radical (unpaired) electrons. The number of carbonyl (C=O) groups excluding carboxylic acids is 1. The molecule has 540 valence electrons. The fourth-order valence-corrected chi connectivity index (χ4v) is 18.4. The number of hydrogen-bond acceptors (Lipinski definition) is 29. The summed E-state index contributed by atoms with van der Waals surface area (Å²) in [7, 11) is 0. The fraction of sp³-hybridized carbons (Fsp3) is 0.923. The minimum atomic E-state index is -1.92. The predicted molar refractivity (Wildman–Crippen MR) is 320 cm³/mol. The summed E-state index contributed by atoms with van der Waals surface area (Å²) in [5, 5.41) is 187. The zero-order valence-electron chi connectivity index (χ0n) is 55.2. The van der Waals surface area contributed by atoms with Gasteiger partial charge in [-0.05, 0) is 117 Å². The maximum atomic E-state index is 13.3. The van der Waals surface area contributed by atoms with Crippen LogP contribution in [0.15, 0.2) is 23.3 Å². The summed E-state index contributed by atoms with van der Waals surface area (Å²) in [6.45, 7) is 16.7. The van der Waals surface area contributed by atoms with Gasteiger partial charge in [-0.1, -0.05) is 66.2 Å². The molecule has 0 aromatic heterocycles. The molecule has 0 spiro atoms. The minimum absolute atomic E-state index is 0.0299. The van der Waals surface area contributed by atoms with Crippen molar-refractivity contribution in [2.75, 3.05) is 33.0 Å². The highest BCUT2D eigenvalue weighted by Gasteiger charge is 2.71. The van der Waals surface area contributed by atoms with Crippen LogP contribution in [-0.2, 0) is 56.9 Å². The van der Waals surface area contributed by atoms with E-state index in [1.54, 1.807) is 6.92 Å². The molecule has 29 nitrogen and oxygen atoms in total. The van der Waals surface area contributed by atoms with Gasteiger partial charge in [0.15, 0.2) is 37.6 Å². The summed E-state index contributed by atoms with van der Waals surface area (Å²) < 4.78 is 66.6. The van der Waals surface area contributed by atoms with Gasteiger partial charge in [-0.2, -0.15) is 0 Å². The van der Waals surface area contributed by atoms with Gasteiger partial charge in [-0.15, -0.1) is 0 Å². The molecule has 4 saturated carbocycles. The van der Waals surface area contributed by atoms with E-state index in [1.165, 1.54) is 19.9 Å². The van der Waals surface area contributed by atoms with E-state index in [1.807, 2.05) is 13.8 Å². The summed E-state index contributed by atoms with van der Waals surface area (Å²) in [6.07, 6.45) is -35.6. The number of aliphatic hydroxyl groups is 17. The lowest BCUT2D eigenvalue weighted by molar-refractivity contribution is -0.374. The Hall–Kier alpha value is -2.13. The zero-order chi connectivity index (χ0) is 69.0. The molecule has 18 unspecified atom stereocenters. The molecular formula is C65H106O29. The largest absolute Gasteiger partial charge is 0.453 e. The van der Waals surface area contributed by atoms with Crippen LogP contribution >= 0.6 is 0 Å². The summed E-state index contributed by atoms with van der Waals surface area (Å²) in [6, 6.07) is 0. The SMILES string of the molecule is C/C=C(\C)C(=O)OC1C(O)[C@H](O[C@H]2CC[C@@]3(C)C(CC[C@]4(C)C3CC=C3C5CC(C)(C)[C@@H](O)[C@H](O)[C@]5(CO[C@@H]5OC(CO[C@@H]6OC(CO)[C@@H](O)C(O)C6O)[C@@H](O)C(O)C5O[C@@H]5OC(C)[C@H](O)C(O)C5O)CC[C@]34C)C2(C)C)OC(CO[C@@H]2OC(CO)[C@@H](O)C(O)C2O)[C@H]1O. The quantitative estimate of drug-likeness (QED) is 0.0294. The van der Waals surface area contributed by atoms with Gasteiger partial charge < -0.3 is 139 Å². The van der Waals surface area contributed by atoms with E-state index in [0.29, 0.717) is 38.5 Å². The van der Waals surface area contributed by atoms with E-state index in [9.17, 15) is 91.6 Å². The van der Waals surface area contributed by atoms with Crippen molar-refractivity contribution in [2.24, 2.45) is 50.2 Å². The predicted octanol–water partition coefficient (Wildman–Crippen LogP) is -3.25. The highest BCUT2D eigenvalue weighted by molar-refractivity contribution is 5.87. The third-order valence-electron chi connectivity index (χ3n) is 24.8. The van der Waals surface area contributed by atoms with E-state index in [2.05, 4.69) is 40.7 Å². The van der Waals surface area contributed by atoms with E-state index < -0.39 is 232 Å². The van der Waals surface area contributed by atoms with Gasteiger partial charge in [0.1, 0.15) is 110 Å². The summed E-state index contributed by atoms with van der Waals surface area (Å²) in [4.78, 5) is 13.3. The van der Waals surface area contributed by atoms with E-state index >= 15 is 0 Å². The van der Waals surface area contributed by atoms with Crippen molar-refractivity contribution in [3.05, 3.63) is 23.3 Å². The van der Waals surface area contributed by atoms with Crippen molar-refractivity contribution in [3.63, 3.8) is 0 Å². The molecule has 94 heavy (non-hydrogen) atoms. The Bertz CT molecular complexity index is 2660. The average molecular weight is 1350 g/mol. The van der Waals surface area contributed by atoms with Gasteiger partial charge in [0, 0.05) is 11.0 Å². The molecule has 9 fully saturated rings. The third-order valence-corrected chi connectivity index (χ3v) is 24.8. The van der Waals surface area contributed by atoms with Crippen molar-refractivity contribution in [1.82, 2.24) is 0 Å². The molecule has 5 heterocycles. The Kier molecular flexibility index (Phi) is 22.2. The number of carbonyl (C=O) groups is 1. The second-order valence-corrected chi connectivity index (χ2v) is 30.7. The monoisotopic (exact) mass is 1350 g/mol. The molecule has 29 heteroatoms. The van der Waals surface area contributed by atoms with Crippen LogP contribution in [-0.4, -0.2) is 298 Å². The first-order valence-electron chi connectivity index (χ1n) is 33.4. The molecule has 5 aliphatic heterocycles. The highest BCUT2D eigenvalue weighted by atomic mass is 16.8. The van der Waals surface area contributed by atoms with Gasteiger partial charge in [0.2, 0.25) is 0 Å². The summed E-state index contributed by atoms with van der Waals surface area (Å²) in [5.74, 6) is -1.11. The van der Waals surface area contributed by atoms with Crippen LogP contribution in [0.1, 0.15) is 121 Å². The first-order chi connectivity index (χ1) is 44.0. The fourth-order valence-electron chi connectivity index (χ4n) is 18.4. The first-order valence-corrected chi connectivity index (χ1v) is 33.4. The maximum Gasteiger partial charge on any atom is 0.333 e. The lowest BCUT2D eigenvalue weighted by atomic mass is 9.33. The topological polar surface area (TPSA) is 463 Å². The van der Waals surface area contributed by atoms with Crippen molar-refractivity contribution in [2.45, 2.75) is 292 Å². The Morgan fingerprint density at radius 2 is 1.07 bits per heavy atom. The number of aliphatic hydroxyl groups excluding tert-OH is 17. The Morgan fingerprint density at radius 3 is 1.66 bits per heavy atom. The normalized spacial score (nSPS) is 52.7. The molecule has 0 aromatic rings. The van der Waals surface area contributed by atoms with Crippen molar-refractivity contribution < 1.29 is 144 Å². The first kappa shape index (κ1) is 74.6. The molecule has 5 saturated heterocycles. The van der Waals surface area contributed by atoms with Crippen LogP contribution in [0.2, 0.25) is 0 Å². The molecule has 0 amide bonds. The average Bonchev–Trinajstić information content (AvgIpc) is 0.674. The maximum absolute atomic E-state index is 13.3. The number of rotatable bonds is 17. The molecule has 10 rings (SSSR count). The molecule has 10 aliphatic rings. The molecule has 17 N–H and O–H groups in total. The van der Waals surface area contributed by atoms with Crippen molar-refractivity contribution in [1.29, 1.82) is 0 Å². The second-order valence-electron chi connectivity index (χ2n) is 30.7. The Labute approximate surface area is 547 Å². The Morgan fingerprint density at radius 1 is 0.543 bits per heavy atom. The van der Waals surface area contributed by atoms with Crippen LogP contribution in [0, 0.1) is 50.2 Å². The van der Waals surface area contributed by atoms with Crippen LogP contribution in [0.4, 0.5) is 0 Å². The molecule has 35 atom stereocenters. The van der Waals surface area contributed by atoms with E-state index in [0.717, 1.165) is 18.4 Å². The van der Waals surface area contributed by atoms with Gasteiger partial charge in [-0.3, -0.25) is 0 Å². The lowest BCUT2D eigenvalue weighted by Gasteiger charge is -2.72. The van der Waals surface area contributed by atoms with Crippen molar-refractivity contribution in [3.8, 4) is 0 Å². The van der Waals surface area contributed by atoms with Crippen LogP contribution in [0.25, 0.3) is 0 Å². The number of esters is 1. The Balaban J connectivity index is 0.900. The lowest BCUT2D eigenvalue weighted by Crippen LogP contribution is -2.69. The number of fused-ring (bicyclic) bond motifs is 7. The van der Waals surface area contributed by atoms with Crippen LogP contribution < -0.4 is 0 Å². The number of hydrogen-bond donors (Lipinski definition) is 17. The molecule has 0 bridgehead atoms. The second kappa shape index (κ2) is 28.0. The van der Waals surface area contributed by atoms with E-state index in [-0.39, 0.29) is 34.8 Å². The third kappa shape index (κ3) is 12.8. The van der Waals surface area contributed by atoms with Gasteiger partial charge in [0.05, 0.1) is 57.5 Å². The smallest absolute Gasteiger partial charge is 0.333 e. The zero-order valence-corrected chi connectivity index (χ0v) is 55.2. The van der Waals surface area contributed by atoms with Crippen molar-refractivity contribution >= 4 is 5.97 Å². The number of ether oxygens (including phenoxy) is 11. The van der Waals surface area contributed by atoms with Gasteiger partial charge in [-0.25, -0.2) is 4.79 Å². The van der Waals surface area contributed by atoms with Gasteiger partial charge in [0.25, 0.3) is 0 Å². The van der Waals surface area contributed by atoms with E-state index in [4.69, 9.17) is 52.1 Å². The molecule has 5 aliphatic carbocycles. The molecule has 0 aromatic carbocycles. The summed E-state index contributed by atoms with van der Waals surface area (Å²) >= 11 is 0. The standard InChI is InChI=1S/C65H106O29/c1-11-26(2)54(83)93-50-41(72)33(24-85-56-47(78)44(75)39(70)31(22-67)89-56)90-58(49(50)80)92-36-15-16-62(8)34(61(36,6)7)14-17-64(10)35(62)13-12-28-29-20-60(4,5)52(81)53(82)65(29,19-18-63(28,64)9)25-86-59-51(94-57-48(79)42(73)37(68)27(3)87-57)45(76)40(71)32(91-59)23-84-55-46(77)43(74)38(69)30(21-66)88-55/h11-12,27,29-53,55-59,66-82H,13-25H2,1-10H3/b26-11+/t27?,29?,30?,31?,32?,33?,34?,35?,36-,37-,38+,39+,40+,41+,42?,43?,44?,45?,46?,47?,48?,49?,50?,51?,52-,53-,55+,56+,57-,58-,59+,62-,63+,64+,65-/m0/s1. The van der Waals surface area contributed by atoms with Crippen LogP contribution in [0.5, 0.6) is 0 Å². The molecular weight excluding hydrogens is 1240 g/mol. The summed E-state index contributed by atoms with van der Waals surface area (Å²) in [5.41, 5.74) is -2.50. The number of allylic oxidation sites excluding steroid dienone is 3. The highest BCUT2D eigenvalue weighted by Crippen LogP contribution is 2.76. The minimum Gasteiger partial charge on any atom is -0.453 e.